The third-order valence-corrected chi connectivity index (χ3v) is 2.56. The Hall–Kier alpha value is -0.340. The normalized spacial score (nSPS) is 21.9. The van der Waals surface area contributed by atoms with E-state index in [1.165, 1.54) is 32.1 Å². The fourth-order valence-corrected chi connectivity index (χ4v) is 1.84. The van der Waals surface area contributed by atoms with E-state index in [9.17, 15) is 0 Å². The van der Waals surface area contributed by atoms with E-state index < -0.39 is 0 Å². The Kier molecular flexibility index (Phi) is 3.60. The first-order valence-electron chi connectivity index (χ1n) is 4.45. The fourth-order valence-electron chi connectivity index (χ4n) is 1.84. The molecule has 0 aliphatic heterocycles. The van der Waals surface area contributed by atoms with Crippen molar-refractivity contribution in [1.82, 2.24) is 5.43 Å². The molecule has 1 atom stereocenters. The molecule has 0 aromatic heterocycles. The van der Waals surface area contributed by atoms with E-state index in [4.69, 9.17) is 5.84 Å². The zero-order valence-corrected chi connectivity index (χ0v) is 7.05. The molecule has 2 nitrogen and oxygen atoms in total. The number of hydrogen-bond donors (Lipinski definition) is 2. The lowest BCUT2D eigenvalue weighted by molar-refractivity contribution is 0.435. The van der Waals surface area contributed by atoms with Gasteiger partial charge in [-0.15, -0.1) is 6.58 Å². The maximum Gasteiger partial charge on any atom is 0.0390 e. The van der Waals surface area contributed by atoms with Gasteiger partial charge in [-0.1, -0.05) is 31.8 Å². The molecule has 1 unspecified atom stereocenters. The van der Waals surface area contributed by atoms with Crippen molar-refractivity contribution in [1.29, 1.82) is 0 Å². The van der Waals surface area contributed by atoms with Crippen LogP contribution in [0.4, 0.5) is 0 Å². The predicted molar refractivity (Wildman–Crippen MR) is 47.9 cm³/mol. The zero-order chi connectivity index (χ0) is 8.10. The van der Waals surface area contributed by atoms with Crippen LogP contribution in [0.5, 0.6) is 0 Å². The summed E-state index contributed by atoms with van der Waals surface area (Å²) in [7, 11) is 0. The summed E-state index contributed by atoms with van der Waals surface area (Å²) in [4.78, 5) is 0. The van der Waals surface area contributed by atoms with Crippen molar-refractivity contribution in [3.63, 3.8) is 0 Å². The summed E-state index contributed by atoms with van der Waals surface area (Å²) in [5, 5.41) is 0. The van der Waals surface area contributed by atoms with E-state index in [0.29, 0.717) is 6.04 Å². The first-order valence-corrected chi connectivity index (χ1v) is 4.45. The second-order valence-corrected chi connectivity index (χ2v) is 3.40. The summed E-state index contributed by atoms with van der Waals surface area (Å²) in [6.45, 7) is 3.73. The van der Waals surface area contributed by atoms with E-state index in [0.717, 1.165) is 5.92 Å². The van der Waals surface area contributed by atoms with Crippen LogP contribution in [0.1, 0.15) is 32.1 Å². The average Bonchev–Trinajstić information content (AvgIpc) is 2.52. The molecule has 1 saturated carbocycles. The highest BCUT2D eigenvalue weighted by Crippen LogP contribution is 2.28. The number of hydrazine groups is 1. The molecule has 64 valence electrons. The molecular formula is C9H18N2. The van der Waals surface area contributed by atoms with Crippen molar-refractivity contribution >= 4 is 0 Å². The van der Waals surface area contributed by atoms with E-state index in [1.54, 1.807) is 0 Å². The van der Waals surface area contributed by atoms with Gasteiger partial charge in [0.25, 0.3) is 0 Å². The van der Waals surface area contributed by atoms with Gasteiger partial charge in [0.15, 0.2) is 0 Å². The standard InChI is InChI=1S/C9H18N2/c1-2-9(11-10)7-8-5-3-4-6-8/h2,8-9,11H,1,3-7,10H2. The number of hydrogen-bond acceptors (Lipinski definition) is 2. The maximum absolute atomic E-state index is 5.34. The molecular weight excluding hydrogens is 136 g/mol. The summed E-state index contributed by atoms with van der Waals surface area (Å²) in [5.41, 5.74) is 2.76. The van der Waals surface area contributed by atoms with Gasteiger partial charge in [0.2, 0.25) is 0 Å². The predicted octanol–water partition coefficient (Wildman–Crippen LogP) is 1.58. The third-order valence-electron chi connectivity index (χ3n) is 2.56. The van der Waals surface area contributed by atoms with Gasteiger partial charge in [0.1, 0.15) is 0 Å². The summed E-state index contributed by atoms with van der Waals surface area (Å²) in [5.74, 6) is 6.22. The van der Waals surface area contributed by atoms with Crippen LogP contribution in [-0.2, 0) is 0 Å². The summed E-state index contributed by atoms with van der Waals surface area (Å²) >= 11 is 0. The van der Waals surface area contributed by atoms with Gasteiger partial charge in [0.05, 0.1) is 0 Å². The average molecular weight is 154 g/mol. The van der Waals surface area contributed by atoms with Gasteiger partial charge in [-0.3, -0.25) is 11.3 Å². The van der Waals surface area contributed by atoms with Crippen molar-refractivity contribution in [2.24, 2.45) is 11.8 Å². The van der Waals surface area contributed by atoms with Crippen molar-refractivity contribution < 1.29 is 0 Å². The van der Waals surface area contributed by atoms with Crippen LogP contribution >= 0.6 is 0 Å². The zero-order valence-electron chi connectivity index (χ0n) is 7.05. The van der Waals surface area contributed by atoms with Gasteiger partial charge < -0.3 is 0 Å². The largest absolute Gasteiger partial charge is 0.271 e. The Bertz CT molecular complexity index is 117. The van der Waals surface area contributed by atoms with Gasteiger partial charge in [0, 0.05) is 6.04 Å². The highest BCUT2D eigenvalue weighted by atomic mass is 15.2. The van der Waals surface area contributed by atoms with Gasteiger partial charge in [-0.2, -0.15) is 0 Å². The lowest BCUT2D eigenvalue weighted by Gasteiger charge is -2.15. The molecule has 1 aliphatic rings. The van der Waals surface area contributed by atoms with Gasteiger partial charge in [-0.25, -0.2) is 0 Å². The van der Waals surface area contributed by atoms with Crippen LogP contribution in [0.2, 0.25) is 0 Å². The minimum absolute atomic E-state index is 0.318. The van der Waals surface area contributed by atoms with Crippen molar-refractivity contribution in [2.75, 3.05) is 0 Å². The van der Waals surface area contributed by atoms with E-state index in [2.05, 4.69) is 12.0 Å². The fraction of sp³-hybridized carbons (Fsp3) is 0.778. The topological polar surface area (TPSA) is 38.0 Å². The van der Waals surface area contributed by atoms with Crippen LogP contribution in [0, 0.1) is 5.92 Å². The van der Waals surface area contributed by atoms with Gasteiger partial charge >= 0.3 is 0 Å². The van der Waals surface area contributed by atoms with Crippen molar-refractivity contribution in [3.8, 4) is 0 Å². The van der Waals surface area contributed by atoms with Crippen molar-refractivity contribution in [3.05, 3.63) is 12.7 Å². The lowest BCUT2D eigenvalue weighted by atomic mass is 9.99. The van der Waals surface area contributed by atoms with Crippen LogP contribution < -0.4 is 11.3 Å². The molecule has 1 rings (SSSR count). The highest BCUT2D eigenvalue weighted by Gasteiger charge is 2.17. The Morgan fingerprint density at radius 2 is 2.18 bits per heavy atom. The van der Waals surface area contributed by atoms with Gasteiger partial charge in [-0.05, 0) is 12.3 Å². The first kappa shape index (κ1) is 8.75. The minimum atomic E-state index is 0.318. The van der Waals surface area contributed by atoms with E-state index in [-0.39, 0.29) is 0 Å². The number of nitrogens with two attached hydrogens (primary N) is 1. The van der Waals surface area contributed by atoms with E-state index >= 15 is 0 Å². The molecule has 0 aromatic carbocycles. The quantitative estimate of drug-likeness (QED) is 0.366. The Labute approximate surface area is 68.8 Å². The Morgan fingerprint density at radius 1 is 1.55 bits per heavy atom. The molecule has 0 spiro atoms. The number of rotatable bonds is 4. The van der Waals surface area contributed by atoms with Crippen molar-refractivity contribution in [2.45, 2.75) is 38.1 Å². The first-order chi connectivity index (χ1) is 5.36. The molecule has 11 heavy (non-hydrogen) atoms. The number of nitrogens with one attached hydrogen (secondary N) is 1. The lowest BCUT2D eigenvalue weighted by Crippen LogP contribution is -2.34. The minimum Gasteiger partial charge on any atom is -0.271 e. The summed E-state index contributed by atoms with van der Waals surface area (Å²) < 4.78 is 0. The summed E-state index contributed by atoms with van der Waals surface area (Å²) in [6.07, 6.45) is 8.63. The molecule has 0 radical (unpaired) electrons. The van der Waals surface area contributed by atoms with E-state index in [1.807, 2.05) is 6.08 Å². The Balaban J connectivity index is 2.21. The second kappa shape index (κ2) is 4.52. The smallest absolute Gasteiger partial charge is 0.0390 e. The molecule has 0 heterocycles. The van der Waals surface area contributed by atoms with Crippen LogP contribution in [0.15, 0.2) is 12.7 Å². The molecule has 0 saturated heterocycles. The van der Waals surface area contributed by atoms with Crippen LogP contribution in [0.3, 0.4) is 0 Å². The second-order valence-electron chi connectivity index (χ2n) is 3.40. The molecule has 0 aromatic rings. The molecule has 2 heteroatoms. The van der Waals surface area contributed by atoms with Crippen LogP contribution in [-0.4, -0.2) is 6.04 Å². The van der Waals surface area contributed by atoms with Crippen LogP contribution in [0.25, 0.3) is 0 Å². The monoisotopic (exact) mass is 154 g/mol. The third kappa shape index (κ3) is 2.64. The molecule has 1 aliphatic carbocycles. The molecule has 1 fully saturated rings. The summed E-state index contributed by atoms with van der Waals surface area (Å²) in [6, 6.07) is 0.318. The SMILES string of the molecule is C=CC(CC1CCCC1)NN. The highest BCUT2D eigenvalue weighted by molar-refractivity contribution is 4.86. The molecule has 3 N–H and O–H groups in total. The Morgan fingerprint density at radius 3 is 2.64 bits per heavy atom. The molecule has 0 bridgehead atoms. The maximum atomic E-state index is 5.34. The molecule has 0 amide bonds.